The van der Waals surface area contributed by atoms with E-state index in [1.54, 1.807) is 17.0 Å². The summed E-state index contributed by atoms with van der Waals surface area (Å²) >= 11 is 0. The van der Waals surface area contributed by atoms with E-state index in [0.717, 1.165) is 11.3 Å². The van der Waals surface area contributed by atoms with Gasteiger partial charge in [0.2, 0.25) is 5.91 Å². The van der Waals surface area contributed by atoms with Crippen LogP contribution in [0.25, 0.3) is 0 Å². The van der Waals surface area contributed by atoms with Crippen LogP contribution in [0, 0.1) is 19.3 Å². The maximum Gasteiger partial charge on any atom is 0.275 e. The topological polar surface area (TPSA) is 131 Å². The molecule has 2 aromatic heterocycles. The number of piperidine rings is 1. The van der Waals surface area contributed by atoms with Gasteiger partial charge in [0.05, 0.1) is 24.3 Å². The minimum atomic E-state index is -0.290. The summed E-state index contributed by atoms with van der Waals surface area (Å²) < 4.78 is 16.2. The lowest BCUT2D eigenvalue weighted by Crippen LogP contribution is -2.49. The quantitative estimate of drug-likeness (QED) is 0.527. The number of rotatable bonds is 3. The molecule has 11 heteroatoms. The highest BCUT2D eigenvalue weighted by molar-refractivity contribution is 5.97. The second-order valence-electron chi connectivity index (χ2n) is 10.7. The number of fused-ring (bicyclic) bond motifs is 1. The normalized spacial score (nSPS) is 18.1. The Hall–Kier alpha value is -4.15. The molecule has 1 fully saturated rings. The van der Waals surface area contributed by atoms with Gasteiger partial charge < -0.3 is 28.8 Å². The summed E-state index contributed by atoms with van der Waals surface area (Å²) in [6.45, 7) is 6.55. The number of nitrogens with one attached hydrogen (secondary N) is 1. The third kappa shape index (κ3) is 6.03. The van der Waals surface area contributed by atoms with E-state index in [4.69, 9.17) is 13.7 Å². The van der Waals surface area contributed by atoms with E-state index in [1.165, 1.54) is 12.7 Å². The Labute approximate surface area is 232 Å². The number of para-hydroxylation sites is 1. The zero-order valence-corrected chi connectivity index (χ0v) is 23.0. The van der Waals surface area contributed by atoms with Crippen LogP contribution in [0.3, 0.4) is 0 Å². The first kappa shape index (κ1) is 27.4. The van der Waals surface area contributed by atoms with Crippen LogP contribution in [-0.4, -0.2) is 77.0 Å². The molecule has 0 saturated carbocycles. The van der Waals surface area contributed by atoms with E-state index in [2.05, 4.69) is 15.5 Å². The summed E-state index contributed by atoms with van der Waals surface area (Å²) in [5.41, 5.74) is 2.03. The minimum Gasteiger partial charge on any atom is -0.493 e. The lowest BCUT2D eigenvalue weighted by Gasteiger charge is -2.43. The Morgan fingerprint density at radius 2 is 1.80 bits per heavy atom. The molecule has 0 bridgehead atoms. The van der Waals surface area contributed by atoms with Gasteiger partial charge in [0.15, 0.2) is 12.1 Å². The standard InChI is InChI=1S/C29H35N5O6/c1-20-23(21(2)40-32-20)16-26(35)33-12-8-29(9-13-33)10-14-34(28(37)24-17-38-19-31-24)11-5-15-39-25-7-4-3-6-22(25)27(36)30-18-29/h3-4,6-7,17,19H,5,8-16,18H2,1-2H3,(H,30,36). The van der Waals surface area contributed by atoms with Crippen molar-refractivity contribution in [3.05, 3.63) is 65.2 Å². The smallest absolute Gasteiger partial charge is 0.275 e. The third-order valence-corrected chi connectivity index (χ3v) is 8.12. The van der Waals surface area contributed by atoms with Crippen LogP contribution >= 0.6 is 0 Å². The number of hydrogen-bond donors (Lipinski definition) is 1. The average Bonchev–Trinajstić information content (AvgIpc) is 3.62. The number of amides is 3. The second-order valence-corrected chi connectivity index (χ2v) is 10.7. The second kappa shape index (κ2) is 11.9. The van der Waals surface area contributed by atoms with Gasteiger partial charge in [-0.1, -0.05) is 17.3 Å². The Kier molecular flexibility index (Phi) is 8.18. The van der Waals surface area contributed by atoms with Crippen LogP contribution in [0.4, 0.5) is 0 Å². The van der Waals surface area contributed by atoms with Gasteiger partial charge in [-0.15, -0.1) is 0 Å². The highest BCUT2D eigenvalue weighted by atomic mass is 16.5. The van der Waals surface area contributed by atoms with Gasteiger partial charge >= 0.3 is 0 Å². The van der Waals surface area contributed by atoms with Crippen molar-refractivity contribution >= 4 is 17.7 Å². The number of likely N-dealkylation sites (tertiary alicyclic amines) is 1. The predicted molar refractivity (Wildman–Crippen MR) is 144 cm³/mol. The Bertz CT molecular complexity index is 1320. The molecule has 5 rings (SSSR count). The first-order chi connectivity index (χ1) is 19.3. The SMILES string of the molecule is Cc1noc(C)c1CC(=O)N1CCC2(CC1)CCN(C(=O)c1cocn1)CCCOc1ccccc1C(=O)NC2. The van der Waals surface area contributed by atoms with E-state index in [0.29, 0.717) is 82.1 Å². The molecule has 1 aromatic carbocycles. The number of nitrogens with zero attached hydrogens (tertiary/aromatic N) is 4. The van der Waals surface area contributed by atoms with Gasteiger partial charge in [0.1, 0.15) is 17.8 Å². The number of aromatic nitrogens is 2. The lowest BCUT2D eigenvalue weighted by molar-refractivity contribution is -0.132. The Balaban J connectivity index is 1.33. The number of hydrogen-bond acceptors (Lipinski definition) is 8. The molecule has 0 aliphatic carbocycles. The fourth-order valence-electron chi connectivity index (χ4n) is 5.51. The summed E-state index contributed by atoms with van der Waals surface area (Å²) in [6, 6.07) is 7.19. The number of carbonyl (C=O) groups is 3. The minimum absolute atomic E-state index is 0.0341. The molecular weight excluding hydrogens is 514 g/mol. The van der Waals surface area contributed by atoms with Crippen LogP contribution in [0.2, 0.25) is 0 Å². The van der Waals surface area contributed by atoms with Crippen molar-refractivity contribution < 1.29 is 28.1 Å². The van der Waals surface area contributed by atoms with Gasteiger partial charge in [0.25, 0.3) is 11.8 Å². The first-order valence-corrected chi connectivity index (χ1v) is 13.7. The molecule has 4 heterocycles. The summed E-state index contributed by atoms with van der Waals surface area (Å²) in [4.78, 5) is 47.3. The van der Waals surface area contributed by atoms with Crippen molar-refractivity contribution in [1.82, 2.24) is 25.3 Å². The molecule has 0 unspecified atom stereocenters. The molecular formula is C29H35N5O6. The van der Waals surface area contributed by atoms with E-state index < -0.39 is 0 Å². The third-order valence-electron chi connectivity index (χ3n) is 8.12. The lowest BCUT2D eigenvalue weighted by atomic mass is 9.75. The van der Waals surface area contributed by atoms with Gasteiger partial charge in [-0.3, -0.25) is 14.4 Å². The zero-order valence-electron chi connectivity index (χ0n) is 23.0. The van der Waals surface area contributed by atoms with Crippen LogP contribution in [0.1, 0.15) is 63.5 Å². The molecule has 2 aliphatic rings. The van der Waals surface area contributed by atoms with Gasteiger partial charge in [-0.2, -0.15) is 0 Å². The number of aryl methyl sites for hydroxylation is 2. The van der Waals surface area contributed by atoms with Crippen LogP contribution in [-0.2, 0) is 11.2 Å². The van der Waals surface area contributed by atoms with Crippen molar-refractivity contribution in [2.24, 2.45) is 5.41 Å². The Morgan fingerprint density at radius 3 is 2.50 bits per heavy atom. The largest absolute Gasteiger partial charge is 0.493 e. The molecule has 1 saturated heterocycles. The summed E-state index contributed by atoms with van der Waals surface area (Å²) in [5, 5.41) is 7.10. The van der Waals surface area contributed by atoms with Crippen molar-refractivity contribution in [3.63, 3.8) is 0 Å². The molecule has 1 N–H and O–H groups in total. The van der Waals surface area contributed by atoms with E-state index >= 15 is 0 Å². The molecule has 1 spiro atoms. The number of benzene rings is 1. The molecule has 40 heavy (non-hydrogen) atoms. The zero-order chi connectivity index (χ0) is 28.1. The van der Waals surface area contributed by atoms with Gasteiger partial charge in [-0.05, 0) is 57.1 Å². The average molecular weight is 550 g/mol. The van der Waals surface area contributed by atoms with Crippen molar-refractivity contribution in [1.29, 1.82) is 0 Å². The predicted octanol–water partition coefficient (Wildman–Crippen LogP) is 3.18. The molecule has 212 valence electrons. The molecule has 0 atom stereocenters. The van der Waals surface area contributed by atoms with Crippen LogP contribution in [0.5, 0.6) is 5.75 Å². The van der Waals surface area contributed by atoms with E-state index in [-0.39, 0.29) is 35.3 Å². The summed E-state index contributed by atoms with van der Waals surface area (Å²) in [5.74, 6) is 0.824. The molecule has 11 nitrogen and oxygen atoms in total. The number of carbonyl (C=O) groups excluding carboxylic acids is 3. The van der Waals surface area contributed by atoms with Crippen molar-refractivity contribution in [3.8, 4) is 5.75 Å². The van der Waals surface area contributed by atoms with Gasteiger partial charge in [-0.25, -0.2) is 4.98 Å². The molecule has 2 aliphatic heterocycles. The summed E-state index contributed by atoms with van der Waals surface area (Å²) in [7, 11) is 0. The highest BCUT2D eigenvalue weighted by Crippen LogP contribution is 2.36. The first-order valence-electron chi connectivity index (χ1n) is 13.7. The fraction of sp³-hybridized carbons (Fsp3) is 0.483. The van der Waals surface area contributed by atoms with E-state index in [9.17, 15) is 14.4 Å². The highest BCUT2D eigenvalue weighted by Gasteiger charge is 2.37. The molecule has 0 radical (unpaired) electrons. The number of ether oxygens (including phenoxy) is 1. The van der Waals surface area contributed by atoms with Crippen molar-refractivity contribution in [2.45, 2.75) is 46.0 Å². The van der Waals surface area contributed by atoms with E-state index in [1.807, 2.05) is 30.9 Å². The number of oxazole rings is 1. The summed E-state index contributed by atoms with van der Waals surface area (Å²) in [6.07, 6.45) is 5.52. The van der Waals surface area contributed by atoms with Gasteiger partial charge in [0, 0.05) is 38.3 Å². The Morgan fingerprint density at radius 1 is 1.05 bits per heavy atom. The maximum absolute atomic E-state index is 13.2. The maximum atomic E-state index is 13.2. The molecule has 3 aromatic rings. The van der Waals surface area contributed by atoms with Crippen molar-refractivity contribution in [2.75, 3.05) is 39.3 Å². The van der Waals surface area contributed by atoms with Crippen LogP contribution < -0.4 is 10.1 Å². The monoisotopic (exact) mass is 549 g/mol. The molecule has 3 amide bonds. The van der Waals surface area contributed by atoms with Crippen LogP contribution in [0.15, 0.2) is 45.9 Å². The fourth-order valence-corrected chi connectivity index (χ4v) is 5.51.